The SMILES string of the molecule is CNC(Cc1c(C)cccc1C)Cc1c(F)cccc1F. The number of likely N-dealkylation sites (N-methyl/N-ethyl adjacent to an activating group) is 1. The van der Waals surface area contributed by atoms with E-state index in [2.05, 4.69) is 31.3 Å². The zero-order valence-corrected chi connectivity index (χ0v) is 12.7. The Morgan fingerprint density at radius 2 is 1.33 bits per heavy atom. The van der Waals surface area contributed by atoms with Crippen molar-refractivity contribution in [3.63, 3.8) is 0 Å². The van der Waals surface area contributed by atoms with Gasteiger partial charge in [0.25, 0.3) is 0 Å². The van der Waals surface area contributed by atoms with Crippen LogP contribution in [0, 0.1) is 25.5 Å². The summed E-state index contributed by atoms with van der Waals surface area (Å²) in [7, 11) is 1.83. The van der Waals surface area contributed by atoms with E-state index in [-0.39, 0.29) is 11.6 Å². The summed E-state index contributed by atoms with van der Waals surface area (Å²) >= 11 is 0. The van der Waals surface area contributed by atoms with Gasteiger partial charge in [0.1, 0.15) is 11.6 Å². The second kappa shape index (κ2) is 6.81. The monoisotopic (exact) mass is 289 g/mol. The van der Waals surface area contributed by atoms with Gasteiger partial charge in [-0.2, -0.15) is 0 Å². The molecule has 0 saturated heterocycles. The molecule has 0 heterocycles. The molecule has 1 unspecified atom stereocenters. The van der Waals surface area contributed by atoms with Crippen molar-refractivity contribution >= 4 is 0 Å². The van der Waals surface area contributed by atoms with Crippen molar-refractivity contribution in [3.8, 4) is 0 Å². The minimum Gasteiger partial charge on any atom is -0.316 e. The Labute approximate surface area is 125 Å². The molecule has 0 aliphatic carbocycles. The van der Waals surface area contributed by atoms with E-state index in [1.165, 1.54) is 34.9 Å². The fraction of sp³-hybridized carbons (Fsp3) is 0.333. The van der Waals surface area contributed by atoms with Gasteiger partial charge < -0.3 is 5.32 Å². The van der Waals surface area contributed by atoms with Crippen molar-refractivity contribution in [2.24, 2.45) is 0 Å². The molecule has 0 aliphatic rings. The first-order chi connectivity index (χ1) is 10.0. The fourth-order valence-electron chi connectivity index (χ4n) is 2.67. The lowest BCUT2D eigenvalue weighted by atomic mass is 9.93. The maximum absolute atomic E-state index is 13.8. The van der Waals surface area contributed by atoms with Gasteiger partial charge in [-0.3, -0.25) is 0 Å². The lowest BCUT2D eigenvalue weighted by molar-refractivity contribution is 0.501. The Bertz CT molecular complexity index is 529. The number of hydrogen-bond acceptors (Lipinski definition) is 1. The normalized spacial score (nSPS) is 12.4. The maximum atomic E-state index is 13.8. The number of benzene rings is 2. The Balaban J connectivity index is 2.21. The third-order valence-electron chi connectivity index (χ3n) is 4.02. The summed E-state index contributed by atoms with van der Waals surface area (Å²) in [4.78, 5) is 0. The average Bonchev–Trinajstić information content (AvgIpc) is 2.45. The molecule has 0 aromatic heterocycles. The summed E-state index contributed by atoms with van der Waals surface area (Å²) in [6, 6.07) is 10.2. The van der Waals surface area contributed by atoms with Gasteiger partial charge in [-0.1, -0.05) is 24.3 Å². The smallest absolute Gasteiger partial charge is 0.129 e. The van der Waals surface area contributed by atoms with Crippen molar-refractivity contribution in [2.45, 2.75) is 32.7 Å². The van der Waals surface area contributed by atoms with Crippen LogP contribution < -0.4 is 5.32 Å². The van der Waals surface area contributed by atoms with Gasteiger partial charge >= 0.3 is 0 Å². The minimum absolute atomic E-state index is 0.00352. The van der Waals surface area contributed by atoms with Crippen LogP contribution in [0.25, 0.3) is 0 Å². The van der Waals surface area contributed by atoms with Gasteiger partial charge in [0.15, 0.2) is 0 Å². The molecule has 0 fully saturated rings. The van der Waals surface area contributed by atoms with Crippen molar-refractivity contribution in [1.29, 1.82) is 0 Å². The van der Waals surface area contributed by atoms with Gasteiger partial charge in [0.2, 0.25) is 0 Å². The Morgan fingerprint density at radius 3 is 1.86 bits per heavy atom. The molecule has 2 rings (SSSR count). The number of aryl methyl sites for hydroxylation is 2. The third kappa shape index (κ3) is 3.67. The quantitative estimate of drug-likeness (QED) is 0.878. The van der Waals surface area contributed by atoms with E-state index in [0.717, 1.165) is 6.42 Å². The highest BCUT2D eigenvalue weighted by molar-refractivity contribution is 5.34. The fourth-order valence-corrected chi connectivity index (χ4v) is 2.67. The largest absolute Gasteiger partial charge is 0.316 e. The third-order valence-corrected chi connectivity index (χ3v) is 4.02. The van der Waals surface area contributed by atoms with Crippen LogP contribution in [0.2, 0.25) is 0 Å². The van der Waals surface area contributed by atoms with E-state index in [4.69, 9.17) is 0 Å². The highest BCUT2D eigenvalue weighted by Gasteiger charge is 2.16. The minimum atomic E-state index is -0.475. The van der Waals surface area contributed by atoms with Crippen molar-refractivity contribution in [2.75, 3.05) is 7.05 Å². The molecule has 0 saturated carbocycles. The van der Waals surface area contributed by atoms with Crippen LogP contribution in [0.3, 0.4) is 0 Å². The van der Waals surface area contributed by atoms with Gasteiger partial charge in [-0.05, 0) is 62.6 Å². The van der Waals surface area contributed by atoms with E-state index >= 15 is 0 Å². The molecule has 0 radical (unpaired) electrons. The molecular weight excluding hydrogens is 268 g/mol. The average molecular weight is 289 g/mol. The first-order valence-corrected chi connectivity index (χ1v) is 7.18. The van der Waals surface area contributed by atoms with Gasteiger partial charge in [-0.25, -0.2) is 8.78 Å². The number of rotatable bonds is 5. The summed E-state index contributed by atoms with van der Waals surface area (Å²) in [6.07, 6.45) is 1.09. The van der Waals surface area contributed by atoms with Crippen molar-refractivity contribution in [1.82, 2.24) is 5.32 Å². The topological polar surface area (TPSA) is 12.0 Å². The van der Waals surface area contributed by atoms with E-state index in [1.54, 1.807) is 0 Å². The van der Waals surface area contributed by atoms with Crippen LogP contribution in [-0.4, -0.2) is 13.1 Å². The van der Waals surface area contributed by atoms with Crippen molar-refractivity contribution in [3.05, 3.63) is 70.3 Å². The maximum Gasteiger partial charge on any atom is 0.129 e. The van der Waals surface area contributed by atoms with Crippen LogP contribution in [0.15, 0.2) is 36.4 Å². The Kier molecular flexibility index (Phi) is 5.07. The van der Waals surface area contributed by atoms with E-state index in [0.29, 0.717) is 6.42 Å². The molecular formula is C18H21F2N. The highest BCUT2D eigenvalue weighted by atomic mass is 19.1. The lowest BCUT2D eigenvalue weighted by Gasteiger charge is -2.19. The number of nitrogens with one attached hydrogen (secondary N) is 1. The zero-order valence-electron chi connectivity index (χ0n) is 12.7. The van der Waals surface area contributed by atoms with Crippen molar-refractivity contribution < 1.29 is 8.78 Å². The highest BCUT2D eigenvalue weighted by Crippen LogP contribution is 2.19. The molecule has 0 bridgehead atoms. The second-order valence-corrected chi connectivity index (χ2v) is 5.46. The number of halogens is 2. The first kappa shape index (κ1) is 15.6. The summed E-state index contributed by atoms with van der Waals surface area (Å²) in [5.41, 5.74) is 3.82. The van der Waals surface area contributed by atoms with Crippen LogP contribution in [0.4, 0.5) is 8.78 Å². The van der Waals surface area contributed by atoms with Crippen LogP contribution in [-0.2, 0) is 12.8 Å². The summed E-state index contributed by atoms with van der Waals surface area (Å²) in [5.74, 6) is -0.950. The van der Waals surface area contributed by atoms with Crippen LogP contribution >= 0.6 is 0 Å². The number of hydrogen-bond donors (Lipinski definition) is 1. The Morgan fingerprint density at radius 1 is 0.857 bits per heavy atom. The van der Waals surface area contributed by atoms with E-state index in [1.807, 2.05) is 13.1 Å². The second-order valence-electron chi connectivity index (χ2n) is 5.46. The van der Waals surface area contributed by atoms with Crippen LogP contribution in [0.1, 0.15) is 22.3 Å². The molecule has 0 spiro atoms. The molecule has 1 N–H and O–H groups in total. The van der Waals surface area contributed by atoms with E-state index in [9.17, 15) is 8.78 Å². The first-order valence-electron chi connectivity index (χ1n) is 7.18. The predicted octanol–water partition coefficient (Wildman–Crippen LogP) is 3.95. The molecule has 1 nitrogen and oxygen atoms in total. The standard InChI is InChI=1S/C18H21F2N/c1-12-6-4-7-13(2)15(12)10-14(21-3)11-16-17(19)8-5-9-18(16)20/h4-9,14,21H,10-11H2,1-3H3. The molecule has 2 aromatic carbocycles. The Hall–Kier alpha value is -1.74. The molecule has 1 atom stereocenters. The molecule has 0 aliphatic heterocycles. The van der Waals surface area contributed by atoms with Gasteiger partial charge in [0, 0.05) is 11.6 Å². The molecule has 21 heavy (non-hydrogen) atoms. The predicted molar refractivity (Wildman–Crippen MR) is 82.5 cm³/mol. The summed E-state index contributed by atoms with van der Waals surface area (Å²) in [6.45, 7) is 4.14. The molecule has 112 valence electrons. The van der Waals surface area contributed by atoms with Crippen LogP contribution in [0.5, 0.6) is 0 Å². The zero-order chi connectivity index (χ0) is 15.4. The molecule has 3 heteroatoms. The van der Waals surface area contributed by atoms with Gasteiger partial charge in [-0.15, -0.1) is 0 Å². The van der Waals surface area contributed by atoms with Gasteiger partial charge in [0.05, 0.1) is 0 Å². The summed E-state index contributed by atoms with van der Waals surface area (Å²) < 4.78 is 27.6. The molecule has 0 amide bonds. The lowest BCUT2D eigenvalue weighted by Crippen LogP contribution is -2.31. The molecule has 2 aromatic rings. The van der Waals surface area contributed by atoms with E-state index < -0.39 is 11.6 Å². The summed E-state index contributed by atoms with van der Waals surface area (Å²) in [5, 5.41) is 3.17.